The molecule has 3 aliphatic rings. The molecule has 1 unspecified atom stereocenters. The number of carbonyl (C=O) groups is 1. The van der Waals surface area contributed by atoms with Crippen LogP contribution >= 0.6 is 0 Å². The van der Waals surface area contributed by atoms with Crippen molar-refractivity contribution < 1.29 is 27.1 Å². The van der Waals surface area contributed by atoms with Gasteiger partial charge in [0.25, 0.3) is 5.56 Å². The SMILES string of the molecule is C[C@@H]1COCCN1c1nc2n(c(=O)c1F)C(C(F)(F)F)CCN2CC(=O)C1CC1. The first-order chi connectivity index (χ1) is 13.7. The van der Waals surface area contributed by atoms with Crippen LogP contribution in [0.1, 0.15) is 32.2 Å². The summed E-state index contributed by atoms with van der Waals surface area (Å²) in [4.78, 5) is 32.0. The molecule has 0 amide bonds. The summed E-state index contributed by atoms with van der Waals surface area (Å²) in [5.41, 5.74) is -1.37. The Labute approximate surface area is 164 Å². The Morgan fingerprint density at radius 2 is 1.97 bits per heavy atom. The van der Waals surface area contributed by atoms with Gasteiger partial charge in [-0.3, -0.25) is 14.2 Å². The Balaban J connectivity index is 1.80. The smallest absolute Gasteiger partial charge is 0.377 e. The van der Waals surface area contributed by atoms with Crippen LogP contribution in [-0.2, 0) is 9.53 Å². The number of ketones is 1. The molecule has 0 spiro atoms. The van der Waals surface area contributed by atoms with E-state index in [-0.39, 0.29) is 55.8 Å². The van der Waals surface area contributed by atoms with Crippen molar-refractivity contribution in [3.05, 3.63) is 16.2 Å². The minimum absolute atomic E-state index is 0.0845. The van der Waals surface area contributed by atoms with Gasteiger partial charge in [-0.15, -0.1) is 0 Å². The molecule has 0 radical (unpaired) electrons. The Morgan fingerprint density at radius 3 is 2.59 bits per heavy atom. The van der Waals surface area contributed by atoms with Crippen molar-refractivity contribution in [2.75, 3.05) is 42.6 Å². The molecular weight excluding hydrogens is 396 g/mol. The van der Waals surface area contributed by atoms with E-state index in [1.807, 2.05) is 0 Å². The summed E-state index contributed by atoms with van der Waals surface area (Å²) < 4.78 is 61.2. The molecule has 11 heteroatoms. The Hall–Kier alpha value is -2.17. The average molecular weight is 418 g/mol. The van der Waals surface area contributed by atoms with Crippen LogP contribution in [0.5, 0.6) is 0 Å². The fourth-order valence-electron chi connectivity index (χ4n) is 3.92. The van der Waals surface area contributed by atoms with Gasteiger partial charge < -0.3 is 14.5 Å². The maximum atomic E-state index is 14.9. The van der Waals surface area contributed by atoms with Gasteiger partial charge >= 0.3 is 6.18 Å². The van der Waals surface area contributed by atoms with E-state index in [1.165, 1.54) is 9.80 Å². The van der Waals surface area contributed by atoms with Crippen LogP contribution < -0.4 is 15.4 Å². The number of ether oxygens (including phenoxy) is 1. The number of aromatic nitrogens is 2. The largest absolute Gasteiger partial charge is 0.409 e. The normalized spacial score (nSPS) is 25.1. The van der Waals surface area contributed by atoms with Crippen molar-refractivity contribution in [1.29, 1.82) is 0 Å². The van der Waals surface area contributed by atoms with Crippen LogP contribution in [-0.4, -0.2) is 60.4 Å². The summed E-state index contributed by atoms with van der Waals surface area (Å²) in [5, 5.41) is 0. The van der Waals surface area contributed by atoms with Gasteiger partial charge in [-0.05, 0) is 26.2 Å². The van der Waals surface area contributed by atoms with Crippen LogP contribution in [0.4, 0.5) is 29.3 Å². The second-order valence-corrected chi connectivity index (χ2v) is 7.85. The molecule has 7 nitrogen and oxygen atoms in total. The third-order valence-corrected chi connectivity index (χ3v) is 5.69. The Kier molecular flexibility index (Phi) is 5.04. The lowest BCUT2D eigenvalue weighted by molar-refractivity contribution is -0.171. The molecule has 2 atom stereocenters. The van der Waals surface area contributed by atoms with Crippen molar-refractivity contribution >= 4 is 17.5 Å². The number of Topliss-reactive ketones (excluding diaryl/α,β-unsaturated/α-hetero) is 1. The summed E-state index contributed by atoms with van der Waals surface area (Å²) in [6.45, 7) is 2.37. The fraction of sp³-hybridized carbons (Fsp3) is 0.722. The number of alkyl halides is 3. The summed E-state index contributed by atoms with van der Waals surface area (Å²) >= 11 is 0. The zero-order chi connectivity index (χ0) is 20.9. The highest BCUT2D eigenvalue weighted by atomic mass is 19.4. The number of hydrogen-bond acceptors (Lipinski definition) is 6. The molecule has 1 aromatic heterocycles. The lowest BCUT2D eigenvalue weighted by Crippen LogP contribution is -2.50. The molecule has 2 aliphatic heterocycles. The summed E-state index contributed by atoms with van der Waals surface area (Å²) in [5.74, 6) is -2.08. The van der Waals surface area contributed by atoms with E-state index in [1.54, 1.807) is 6.92 Å². The number of morpholine rings is 1. The van der Waals surface area contributed by atoms with E-state index in [4.69, 9.17) is 4.74 Å². The lowest BCUT2D eigenvalue weighted by Gasteiger charge is -2.39. The second kappa shape index (κ2) is 7.26. The summed E-state index contributed by atoms with van der Waals surface area (Å²) in [6, 6.07) is -2.47. The molecule has 160 valence electrons. The van der Waals surface area contributed by atoms with Gasteiger partial charge in [0.1, 0.15) is 6.04 Å². The zero-order valence-electron chi connectivity index (χ0n) is 15.9. The van der Waals surface area contributed by atoms with Gasteiger partial charge in [-0.1, -0.05) is 0 Å². The minimum Gasteiger partial charge on any atom is -0.377 e. The van der Waals surface area contributed by atoms with Gasteiger partial charge in [0, 0.05) is 19.0 Å². The first kappa shape index (κ1) is 20.1. The molecule has 1 aromatic rings. The minimum atomic E-state index is -4.73. The van der Waals surface area contributed by atoms with Gasteiger partial charge in [0.15, 0.2) is 11.6 Å². The van der Waals surface area contributed by atoms with E-state index < -0.39 is 30.0 Å². The number of anilines is 2. The molecule has 29 heavy (non-hydrogen) atoms. The molecule has 1 saturated heterocycles. The van der Waals surface area contributed by atoms with Crippen molar-refractivity contribution in [3.63, 3.8) is 0 Å². The van der Waals surface area contributed by atoms with Gasteiger partial charge in [-0.25, -0.2) is 0 Å². The highest BCUT2D eigenvalue weighted by Gasteiger charge is 2.47. The first-order valence-electron chi connectivity index (χ1n) is 9.69. The maximum Gasteiger partial charge on any atom is 0.409 e. The van der Waals surface area contributed by atoms with Gasteiger partial charge in [0.2, 0.25) is 11.8 Å². The predicted molar refractivity (Wildman–Crippen MR) is 95.7 cm³/mol. The standard InChI is InChI=1S/C18H22F4N4O3/c1-10-9-29-7-6-25(10)15-14(19)16(28)26-13(18(20,21)22)4-5-24(17(26)23-15)8-12(27)11-2-3-11/h10-11,13H,2-9H2,1H3/t10-,13?/m1/s1. The monoisotopic (exact) mass is 418 g/mol. The molecule has 1 aliphatic carbocycles. The van der Waals surface area contributed by atoms with E-state index in [0.717, 1.165) is 12.8 Å². The van der Waals surface area contributed by atoms with E-state index in [9.17, 15) is 27.2 Å². The van der Waals surface area contributed by atoms with Crippen LogP contribution in [0, 0.1) is 11.7 Å². The third-order valence-electron chi connectivity index (χ3n) is 5.69. The van der Waals surface area contributed by atoms with Crippen LogP contribution in [0.25, 0.3) is 0 Å². The number of rotatable bonds is 4. The van der Waals surface area contributed by atoms with E-state index in [2.05, 4.69) is 4.98 Å². The molecule has 0 N–H and O–H groups in total. The highest BCUT2D eigenvalue weighted by Crippen LogP contribution is 2.39. The van der Waals surface area contributed by atoms with Crippen LogP contribution in [0.2, 0.25) is 0 Å². The zero-order valence-corrected chi connectivity index (χ0v) is 15.9. The summed E-state index contributed by atoms with van der Waals surface area (Å²) in [7, 11) is 0. The molecule has 3 heterocycles. The Morgan fingerprint density at radius 1 is 1.24 bits per heavy atom. The molecule has 0 aromatic carbocycles. The topological polar surface area (TPSA) is 67.7 Å². The maximum absolute atomic E-state index is 14.9. The highest BCUT2D eigenvalue weighted by molar-refractivity contribution is 5.87. The number of fused-ring (bicyclic) bond motifs is 1. The Bertz CT molecular complexity index is 868. The van der Waals surface area contributed by atoms with Crippen molar-refractivity contribution in [2.45, 2.75) is 44.4 Å². The van der Waals surface area contributed by atoms with Gasteiger partial charge in [0.05, 0.1) is 25.8 Å². The summed E-state index contributed by atoms with van der Waals surface area (Å²) in [6.07, 6.45) is -3.65. The molecular formula is C18H22F4N4O3. The molecule has 0 bridgehead atoms. The lowest BCUT2D eigenvalue weighted by atomic mass is 10.1. The average Bonchev–Trinajstić information content (AvgIpc) is 3.50. The van der Waals surface area contributed by atoms with Crippen LogP contribution in [0.3, 0.4) is 0 Å². The number of hydrogen-bond donors (Lipinski definition) is 0. The number of nitrogens with zero attached hydrogens (tertiary/aromatic N) is 4. The van der Waals surface area contributed by atoms with E-state index in [0.29, 0.717) is 11.2 Å². The second-order valence-electron chi connectivity index (χ2n) is 7.85. The fourth-order valence-corrected chi connectivity index (χ4v) is 3.92. The van der Waals surface area contributed by atoms with Crippen molar-refractivity contribution in [2.24, 2.45) is 5.92 Å². The third kappa shape index (κ3) is 3.72. The predicted octanol–water partition coefficient (Wildman–Crippen LogP) is 1.90. The van der Waals surface area contributed by atoms with Crippen LogP contribution in [0.15, 0.2) is 4.79 Å². The molecule has 2 fully saturated rings. The number of carbonyl (C=O) groups excluding carboxylic acids is 1. The number of halogens is 4. The first-order valence-corrected chi connectivity index (χ1v) is 9.69. The van der Waals surface area contributed by atoms with E-state index >= 15 is 0 Å². The van der Waals surface area contributed by atoms with Crippen molar-refractivity contribution in [3.8, 4) is 0 Å². The van der Waals surface area contributed by atoms with Crippen molar-refractivity contribution in [1.82, 2.24) is 9.55 Å². The molecule has 4 rings (SSSR count). The molecule has 1 saturated carbocycles. The quantitative estimate of drug-likeness (QED) is 0.696. The van der Waals surface area contributed by atoms with Gasteiger partial charge in [-0.2, -0.15) is 22.5 Å².